The first kappa shape index (κ1) is 21.0. The predicted octanol–water partition coefficient (Wildman–Crippen LogP) is 3.63. The van der Waals surface area contributed by atoms with Gasteiger partial charge in [-0.05, 0) is 29.8 Å². The molecule has 0 radical (unpaired) electrons. The zero-order chi connectivity index (χ0) is 21.7. The Kier molecular flexibility index (Phi) is 6.15. The van der Waals surface area contributed by atoms with Gasteiger partial charge >= 0.3 is 0 Å². The van der Waals surface area contributed by atoms with Crippen molar-refractivity contribution in [3.05, 3.63) is 60.1 Å². The number of rotatable bonds is 6. The van der Waals surface area contributed by atoms with E-state index in [1.807, 2.05) is 39.0 Å². The molecule has 0 aliphatic heterocycles. The number of amides is 1. The summed E-state index contributed by atoms with van der Waals surface area (Å²) in [7, 11) is 3.16. The Labute approximate surface area is 175 Å². The molecule has 0 fully saturated rings. The van der Waals surface area contributed by atoms with E-state index in [0.29, 0.717) is 23.3 Å². The maximum atomic E-state index is 12.6. The van der Waals surface area contributed by atoms with Crippen LogP contribution in [-0.4, -0.2) is 39.9 Å². The van der Waals surface area contributed by atoms with E-state index in [1.54, 1.807) is 44.8 Å². The first-order valence-corrected chi connectivity index (χ1v) is 9.40. The molecule has 2 heterocycles. The van der Waals surface area contributed by atoms with Crippen molar-refractivity contribution in [3.63, 3.8) is 0 Å². The monoisotopic (exact) mass is 407 g/mol. The molecule has 1 N–H and O–H groups in total. The summed E-state index contributed by atoms with van der Waals surface area (Å²) in [5.74, 6) is 1.84. The van der Waals surface area contributed by atoms with Crippen molar-refractivity contribution >= 4 is 17.8 Å². The van der Waals surface area contributed by atoms with Crippen LogP contribution in [0.15, 0.2) is 48.8 Å². The maximum Gasteiger partial charge on any atom is 0.252 e. The molecule has 0 saturated carbocycles. The summed E-state index contributed by atoms with van der Waals surface area (Å²) in [6.45, 7) is 6.15. The lowest BCUT2D eigenvalue weighted by atomic mass is 9.92. The summed E-state index contributed by atoms with van der Waals surface area (Å²) in [6.07, 6.45) is 6.38. The van der Waals surface area contributed by atoms with Crippen LogP contribution in [0.25, 0.3) is 12.0 Å². The molecular weight excluding hydrogens is 382 g/mol. The van der Waals surface area contributed by atoms with Crippen molar-refractivity contribution < 1.29 is 14.3 Å². The smallest absolute Gasteiger partial charge is 0.252 e. The van der Waals surface area contributed by atoms with Gasteiger partial charge in [0.2, 0.25) is 5.91 Å². The van der Waals surface area contributed by atoms with Crippen LogP contribution in [0.2, 0.25) is 0 Å². The number of hydrogen-bond acceptors (Lipinski definition) is 6. The third-order valence-corrected chi connectivity index (χ3v) is 4.27. The van der Waals surface area contributed by atoms with E-state index in [1.165, 1.54) is 10.8 Å². The summed E-state index contributed by atoms with van der Waals surface area (Å²) in [4.78, 5) is 21.1. The van der Waals surface area contributed by atoms with Crippen LogP contribution in [0.1, 0.15) is 32.0 Å². The molecule has 156 valence electrons. The van der Waals surface area contributed by atoms with Crippen molar-refractivity contribution in [2.45, 2.75) is 26.2 Å². The fourth-order valence-electron chi connectivity index (χ4n) is 2.66. The Morgan fingerprint density at radius 1 is 1.03 bits per heavy atom. The summed E-state index contributed by atoms with van der Waals surface area (Å²) in [6, 6.07) is 8.94. The molecule has 2 aromatic heterocycles. The van der Waals surface area contributed by atoms with Crippen LogP contribution in [0.4, 0.5) is 5.82 Å². The number of carbonyl (C=O) groups excluding carboxylic acids is 1. The number of benzene rings is 1. The molecule has 0 atom stereocenters. The molecule has 0 aliphatic rings. The highest BCUT2D eigenvalue weighted by atomic mass is 16.5. The van der Waals surface area contributed by atoms with E-state index in [-0.39, 0.29) is 11.3 Å². The molecule has 30 heavy (non-hydrogen) atoms. The van der Waals surface area contributed by atoms with Gasteiger partial charge in [0.15, 0.2) is 0 Å². The summed E-state index contributed by atoms with van der Waals surface area (Å²) >= 11 is 0. The second kappa shape index (κ2) is 8.77. The average Bonchev–Trinajstić information content (AvgIpc) is 3.16. The molecule has 0 aliphatic carbocycles. The SMILES string of the molecule is COc1cc(/C=C/C(=O)Nc2cc(C(C)(C)C)nn2-c2ncccn2)cc(OC)c1. The van der Waals surface area contributed by atoms with Crippen molar-refractivity contribution in [3.8, 4) is 17.4 Å². The first-order valence-electron chi connectivity index (χ1n) is 9.40. The molecule has 3 aromatic rings. The number of ether oxygens (including phenoxy) is 2. The van der Waals surface area contributed by atoms with E-state index >= 15 is 0 Å². The lowest BCUT2D eigenvalue weighted by Gasteiger charge is -2.13. The fourth-order valence-corrected chi connectivity index (χ4v) is 2.66. The highest BCUT2D eigenvalue weighted by Gasteiger charge is 2.22. The minimum Gasteiger partial charge on any atom is -0.497 e. The molecular formula is C22H25N5O3. The summed E-state index contributed by atoms with van der Waals surface area (Å²) < 4.78 is 12.0. The summed E-state index contributed by atoms with van der Waals surface area (Å²) in [5, 5.41) is 7.45. The molecule has 0 saturated heterocycles. The van der Waals surface area contributed by atoms with E-state index < -0.39 is 0 Å². The largest absolute Gasteiger partial charge is 0.497 e. The van der Waals surface area contributed by atoms with E-state index in [2.05, 4.69) is 20.4 Å². The number of carbonyl (C=O) groups is 1. The number of nitrogens with zero attached hydrogens (tertiary/aromatic N) is 4. The number of aromatic nitrogens is 4. The van der Waals surface area contributed by atoms with Gasteiger partial charge in [0, 0.05) is 36.0 Å². The molecule has 0 unspecified atom stereocenters. The van der Waals surface area contributed by atoms with Crippen molar-refractivity contribution in [2.75, 3.05) is 19.5 Å². The van der Waals surface area contributed by atoms with E-state index in [0.717, 1.165) is 11.3 Å². The van der Waals surface area contributed by atoms with Crippen LogP contribution in [-0.2, 0) is 10.2 Å². The van der Waals surface area contributed by atoms with Crippen LogP contribution >= 0.6 is 0 Å². The van der Waals surface area contributed by atoms with Crippen LogP contribution in [0.5, 0.6) is 11.5 Å². The van der Waals surface area contributed by atoms with E-state index in [9.17, 15) is 4.79 Å². The quantitative estimate of drug-likeness (QED) is 0.628. The molecule has 0 spiro atoms. The zero-order valence-corrected chi connectivity index (χ0v) is 17.7. The fraction of sp³-hybridized carbons (Fsp3) is 0.273. The number of nitrogens with one attached hydrogen (secondary N) is 1. The van der Waals surface area contributed by atoms with Crippen LogP contribution in [0.3, 0.4) is 0 Å². The van der Waals surface area contributed by atoms with Crippen LogP contribution < -0.4 is 14.8 Å². The highest BCUT2D eigenvalue weighted by molar-refractivity contribution is 6.01. The van der Waals surface area contributed by atoms with Gasteiger partial charge in [0.25, 0.3) is 5.95 Å². The maximum absolute atomic E-state index is 12.6. The number of methoxy groups -OCH3 is 2. The van der Waals surface area contributed by atoms with Gasteiger partial charge in [-0.25, -0.2) is 9.97 Å². The molecule has 0 bridgehead atoms. The standard InChI is InChI=1S/C22H25N5O3/c1-22(2,3)18-14-19(27(26-18)21-23-9-6-10-24-21)25-20(28)8-7-15-11-16(29-4)13-17(12-15)30-5/h6-14H,1-5H3,(H,25,28)/b8-7+. The lowest BCUT2D eigenvalue weighted by molar-refractivity contribution is -0.111. The van der Waals surface area contributed by atoms with E-state index in [4.69, 9.17) is 9.47 Å². The van der Waals surface area contributed by atoms with Crippen molar-refractivity contribution in [1.82, 2.24) is 19.7 Å². The van der Waals surface area contributed by atoms with Gasteiger partial charge in [-0.15, -0.1) is 0 Å². The predicted molar refractivity (Wildman–Crippen MR) is 115 cm³/mol. The minimum atomic E-state index is -0.311. The van der Waals surface area contributed by atoms with Gasteiger partial charge in [0.05, 0.1) is 19.9 Å². The van der Waals surface area contributed by atoms with Crippen molar-refractivity contribution in [2.24, 2.45) is 0 Å². The minimum absolute atomic E-state index is 0.202. The Morgan fingerprint density at radius 3 is 2.23 bits per heavy atom. The first-order chi connectivity index (χ1) is 14.3. The number of anilines is 1. The Hall–Kier alpha value is -3.68. The third-order valence-electron chi connectivity index (χ3n) is 4.27. The highest BCUT2D eigenvalue weighted by Crippen LogP contribution is 2.26. The van der Waals surface area contributed by atoms with Crippen LogP contribution in [0, 0.1) is 0 Å². The Morgan fingerprint density at radius 2 is 1.67 bits per heavy atom. The average molecular weight is 407 g/mol. The van der Waals surface area contributed by atoms with Gasteiger partial charge in [0.1, 0.15) is 17.3 Å². The van der Waals surface area contributed by atoms with Crippen molar-refractivity contribution in [1.29, 1.82) is 0 Å². The Balaban J connectivity index is 1.86. The Bertz CT molecular complexity index is 1030. The van der Waals surface area contributed by atoms with Gasteiger partial charge in [-0.2, -0.15) is 9.78 Å². The molecule has 8 nitrogen and oxygen atoms in total. The normalized spacial score (nSPS) is 11.5. The second-order valence-electron chi connectivity index (χ2n) is 7.59. The molecule has 3 rings (SSSR count). The zero-order valence-electron chi connectivity index (χ0n) is 17.7. The second-order valence-corrected chi connectivity index (χ2v) is 7.59. The molecule has 8 heteroatoms. The summed E-state index contributed by atoms with van der Waals surface area (Å²) in [5.41, 5.74) is 1.38. The van der Waals surface area contributed by atoms with Gasteiger partial charge in [-0.3, -0.25) is 4.79 Å². The molecule has 1 amide bonds. The topological polar surface area (TPSA) is 91.2 Å². The number of hydrogen-bond donors (Lipinski definition) is 1. The van der Waals surface area contributed by atoms with Gasteiger partial charge in [-0.1, -0.05) is 20.8 Å². The van der Waals surface area contributed by atoms with Gasteiger partial charge < -0.3 is 14.8 Å². The lowest BCUT2D eigenvalue weighted by Crippen LogP contribution is -2.14. The third kappa shape index (κ3) is 5.02. The molecule has 1 aromatic carbocycles.